The molecule has 0 aliphatic rings. The van der Waals surface area contributed by atoms with Crippen LogP contribution in [0.15, 0.2) is 18.2 Å². The summed E-state index contributed by atoms with van der Waals surface area (Å²) < 4.78 is 10.6. The molecule has 1 atom stereocenters. The SMILES string of the molecule is CCNC(=O)NC(=O)[C@H](C)OC(=O)CCCOc1ccc(Cl)cc1C. The van der Waals surface area contributed by atoms with Gasteiger partial charge in [-0.1, -0.05) is 11.6 Å². The molecule has 0 fully saturated rings. The molecule has 1 aromatic rings. The topological polar surface area (TPSA) is 93.7 Å². The van der Waals surface area contributed by atoms with E-state index in [0.717, 1.165) is 5.56 Å². The van der Waals surface area contributed by atoms with E-state index < -0.39 is 24.0 Å². The number of esters is 1. The van der Waals surface area contributed by atoms with Gasteiger partial charge in [-0.2, -0.15) is 0 Å². The lowest BCUT2D eigenvalue weighted by Gasteiger charge is -2.13. The Labute approximate surface area is 152 Å². The fraction of sp³-hybridized carbons (Fsp3) is 0.471. The van der Waals surface area contributed by atoms with Crippen molar-refractivity contribution in [3.8, 4) is 5.75 Å². The Morgan fingerprint density at radius 2 is 2.00 bits per heavy atom. The summed E-state index contributed by atoms with van der Waals surface area (Å²) in [6.07, 6.45) is -0.508. The molecule has 0 radical (unpaired) electrons. The lowest BCUT2D eigenvalue weighted by Crippen LogP contribution is -2.44. The molecule has 0 unspecified atom stereocenters. The van der Waals surface area contributed by atoms with Crippen LogP contribution in [0.1, 0.15) is 32.3 Å². The van der Waals surface area contributed by atoms with Crippen molar-refractivity contribution in [2.24, 2.45) is 0 Å². The summed E-state index contributed by atoms with van der Waals surface area (Å²) in [6.45, 7) is 5.73. The number of ether oxygens (including phenoxy) is 2. The van der Waals surface area contributed by atoms with Crippen LogP contribution in [-0.2, 0) is 14.3 Å². The van der Waals surface area contributed by atoms with Gasteiger partial charge in [0.05, 0.1) is 6.61 Å². The molecule has 1 rings (SSSR count). The van der Waals surface area contributed by atoms with Crippen molar-refractivity contribution in [2.75, 3.05) is 13.2 Å². The second-order valence-corrected chi connectivity index (χ2v) is 5.78. The van der Waals surface area contributed by atoms with Gasteiger partial charge in [0.25, 0.3) is 5.91 Å². The first-order chi connectivity index (χ1) is 11.8. The molecule has 0 saturated heterocycles. The molecule has 0 spiro atoms. The normalized spacial score (nSPS) is 11.4. The smallest absolute Gasteiger partial charge is 0.321 e. The molecule has 0 saturated carbocycles. The largest absolute Gasteiger partial charge is 0.493 e. The Kier molecular flexibility index (Phi) is 8.77. The van der Waals surface area contributed by atoms with E-state index in [0.29, 0.717) is 30.3 Å². The van der Waals surface area contributed by atoms with E-state index in [1.54, 1.807) is 25.1 Å². The number of nitrogens with one attached hydrogen (secondary N) is 2. The van der Waals surface area contributed by atoms with Gasteiger partial charge in [0.1, 0.15) is 5.75 Å². The number of imide groups is 1. The van der Waals surface area contributed by atoms with Gasteiger partial charge in [-0.05, 0) is 51.0 Å². The Hall–Kier alpha value is -2.28. The number of halogens is 1. The minimum Gasteiger partial charge on any atom is -0.493 e. The predicted octanol–water partition coefficient (Wildman–Crippen LogP) is 2.58. The number of urea groups is 1. The molecule has 138 valence electrons. The zero-order valence-electron chi connectivity index (χ0n) is 14.6. The average Bonchev–Trinajstić information content (AvgIpc) is 2.53. The minimum absolute atomic E-state index is 0.103. The van der Waals surface area contributed by atoms with Crippen LogP contribution in [0.4, 0.5) is 4.79 Å². The molecule has 0 bridgehead atoms. The zero-order chi connectivity index (χ0) is 18.8. The molecule has 7 nitrogen and oxygen atoms in total. The number of hydrogen-bond acceptors (Lipinski definition) is 5. The van der Waals surface area contributed by atoms with Crippen molar-refractivity contribution in [2.45, 2.75) is 39.7 Å². The van der Waals surface area contributed by atoms with Crippen LogP contribution < -0.4 is 15.4 Å². The van der Waals surface area contributed by atoms with Gasteiger partial charge < -0.3 is 14.8 Å². The second-order valence-electron chi connectivity index (χ2n) is 5.34. The highest BCUT2D eigenvalue weighted by Gasteiger charge is 2.19. The highest BCUT2D eigenvalue weighted by Crippen LogP contribution is 2.21. The third kappa shape index (κ3) is 7.89. The fourth-order valence-electron chi connectivity index (χ4n) is 1.90. The first-order valence-electron chi connectivity index (χ1n) is 8.00. The molecule has 3 amide bonds. The number of aryl methyl sites for hydroxylation is 1. The maximum atomic E-state index is 11.7. The molecular formula is C17H23ClN2O5. The van der Waals surface area contributed by atoms with Crippen LogP contribution in [0.5, 0.6) is 5.75 Å². The van der Waals surface area contributed by atoms with Crippen LogP contribution in [-0.4, -0.2) is 37.2 Å². The average molecular weight is 371 g/mol. The maximum Gasteiger partial charge on any atom is 0.321 e. The molecule has 25 heavy (non-hydrogen) atoms. The second kappa shape index (κ2) is 10.6. The van der Waals surface area contributed by atoms with Gasteiger partial charge in [0.2, 0.25) is 0 Å². The maximum absolute atomic E-state index is 11.7. The van der Waals surface area contributed by atoms with E-state index in [2.05, 4.69) is 10.6 Å². The molecule has 2 N–H and O–H groups in total. The summed E-state index contributed by atoms with van der Waals surface area (Å²) in [5.74, 6) is -0.505. The number of carbonyl (C=O) groups is 3. The molecule has 0 aromatic heterocycles. The quantitative estimate of drug-likeness (QED) is 0.542. The molecular weight excluding hydrogens is 348 g/mol. The first kappa shape index (κ1) is 20.8. The van der Waals surface area contributed by atoms with Crippen molar-refractivity contribution in [3.05, 3.63) is 28.8 Å². The van der Waals surface area contributed by atoms with Crippen LogP contribution in [0.3, 0.4) is 0 Å². The predicted molar refractivity (Wildman–Crippen MR) is 93.7 cm³/mol. The highest BCUT2D eigenvalue weighted by molar-refractivity contribution is 6.30. The number of rotatable bonds is 8. The third-order valence-electron chi connectivity index (χ3n) is 3.17. The van der Waals surface area contributed by atoms with Crippen molar-refractivity contribution >= 4 is 29.5 Å². The van der Waals surface area contributed by atoms with E-state index in [1.165, 1.54) is 6.92 Å². The van der Waals surface area contributed by atoms with Gasteiger partial charge in [0.15, 0.2) is 6.10 Å². The number of amides is 3. The summed E-state index contributed by atoms with van der Waals surface area (Å²) in [5.41, 5.74) is 0.908. The first-order valence-corrected chi connectivity index (χ1v) is 8.38. The van der Waals surface area contributed by atoms with Gasteiger partial charge in [-0.25, -0.2) is 4.79 Å². The fourth-order valence-corrected chi connectivity index (χ4v) is 2.13. The van der Waals surface area contributed by atoms with Crippen LogP contribution >= 0.6 is 11.6 Å². The molecule has 0 aliphatic carbocycles. The number of hydrogen-bond donors (Lipinski definition) is 2. The van der Waals surface area contributed by atoms with Crippen LogP contribution in [0, 0.1) is 6.92 Å². The van der Waals surface area contributed by atoms with Crippen molar-refractivity contribution in [1.29, 1.82) is 0 Å². The monoisotopic (exact) mass is 370 g/mol. The molecule has 0 aliphatic heterocycles. The van der Waals surface area contributed by atoms with Gasteiger partial charge in [-0.3, -0.25) is 14.9 Å². The van der Waals surface area contributed by atoms with Crippen LogP contribution in [0.25, 0.3) is 0 Å². The Morgan fingerprint density at radius 1 is 1.28 bits per heavy atom. The zero-order valence-corrected chi connectivity index (χ0v) is 15.3. The number of benzene rings is 1. The van der Waals surface area contributed by atoms with Crippen LogP contribution in [0.2, 0.25) is 5.02 Å². The van der Waals surface area contributed by atoms with E-state index in [4.69, 9.17) is 21.1 Å². The minimum atomic E-state index is -1.05. The summed E-state index contributed by atoms with van der Waals surface area (Å²) in [6, 6.07) is 4.67. The number of carbonyl (C=O) groups excluding carboxylic acids is 3. The summed E-state index contributed by atoms with van der Waals surface area (Å²) >= 11 is 5.87. The summed E-state index contributed by atoms with van der Waals surface area (Å²) in [5, 5.41) is 5.13. The molecule has 8 heteroatoms. The lowest BCUT2D eigenvalue weighted by molar-refractivity contribution is -0.154. The standard InChI is InChI=1S/C17H23ClN2O5/c1-4-19-17(23)20-16(22)12(3)25-15(21)6-5-9-24-14-8-7-13(18)10-11(14)2/h7-8,10,12H,4-6,9H2,1-3H3,(H2,19,20,22,23)/t12-/m0/s1. The Bertz CT molecular complexity index is 621. The van der Waals surface area contributed by atoms with Gasteiger partial charge in [0, 0.05) is 18.0 Å². The van der Waals surface area contributed by atoms with E-state index in [9.17, 15) is 14.4 Å². The van der Waals surface area contributed by atoms with E-state index >= 15 is 0 Å². The third-order valence-corrected chi connectivity index (χ3v) is 3.41. The van der Waals surface area contributed by atoms with Gasteiger partial charge >= 0.3 is 12.0 Å². The Balaban J connectivity index is 2.27. The summed E-state index contributed by atoms with van der Waals surface area (Å²) in [4.78, 5) is 34.6. The van der Waals surface area contributed by atoms with Gasteiger partial charge in [-0.15, -0.1) is 0 Å². The molecule has 0 heterocycles. The van der Waals surface area contributed by atoms with Crippen molar-refractivity contribution in [1.82, 2.24) is 10.6 Å². The van der Waals surface area contributed by atoms with E-state index in [1.807, 2.05) is 6.92 Å². The molecule has 1 aromatic carbocycles. The highest BCUT2D eigenvalue weighted by atomic mass is 35.5. The van der Waals surface area contributed by atoms with Crippen molar-refractivity contribution in [3.63, 3.8) is 0 Å². The van der Waals surface area contributed by atoms with Crippen molar-refractivity contribution < 1.29 is 23.9 Å². The Morgan fingerprint density at radius 3 is 2.64 bits per heavy atom. The summed E-state index contributed by atoms with van der Waals surface area (Å²) in [7, 11) is 0. The van der Waals surface area contributed by atoms with E-state index in [-0.39, 0.29) is 6.42 Å². The lowest BCUT2D eigenvalue weighted by atomic mass is 10.2.